The topological polar surface area (TPSA) is 95.9 Å². The number of ether oxygens (including phenoxy) is 1. The van der Waals surface area contributed by atoms with E-state index >= 15 is 0 Å². The number of rotatable bonds is 9. The number of aromatic nitrogens is 2. The zero-order valence-corrected chi connectivity index (χ0v) is 25.4. The number of hydrogen-bond donors (Lipinski definition) is 0. The minimum Gasteiger partial charge on any atom is -0.457 e. The Hall–Kier alpha value is -3.79. The first-order valence-electron chi connectivity index (χ1n) is 15.5. The summed E-state index contributed by atoms with van der Waals surface area (Å²) in [6.07, 6.45) is 8.81. The molecule has 10 heteroatoms. The smallest absolute Gasteiger partial charge is 0.254 e. The van der Waals surface area contributed by atoms with E-state index < -0.39 is 0 Å². The molecule has 1 atom stereocenters. The van der Waals surface area contributed by atoms with Gasteiger partial charge in [0.05, 0.1) is 6.04 Å². The van der Waals surface area contributed by atoms with Gasteiger partial charge in [0.1, 0.15) is 21.5 Å². The van der Waals surface area contributed by atoms with Crippen molar-refractivity contribution in [3.63, 3.8) is 0 Å². The summed E-state index contributed by atoms with van der Waals surface area (Å²) < 4.78 is 6.40. The number of carbonyl (C=O) groups excluding carboxylic acids is 3. The van der Waals surface area contributed by atoms with Gasteiger partial charge in [0, 0.05) is 68.2 Å². The number of nitrogens with zero attached hydrogens (tertiary/aromatic N) is 5. The molecule has 2 aliphatic carbocycles. The van der Waals surface area contributed by atoms with Crippen LogP contribution in [0.1, 0.15) is 84.6 Å². The number of benzene rings is 2. The molecule has 0 bridgehead atoms. The molecule has 4 fully saturated rings. The van der Waals surface area contributed by atoms with E-state index in [1.807, 2.05) is 40.1 Å². The van der Waals surface area contributed by atoms with E-state index in [0.29, 0.717) is 61.5 Å². The molecule has 7 rings (SSSR count). The predicted molar refractivity (Wildman–Crippen MR) is 163 cm³/mol. The quantitative estimate of drug-likeness (QED) is 0.317. The standard InChI is InChI=1S/C33H37N5O4S/c1-36(26-18-30(40)38(20-26)25-12-13-25)33(41)23-8-9-24(19-37-16-4-7-29(37)39)28(17-23)42-27-14-10-22(11-15-27)32-35-34-31(43-32)21-5-2-3-6-21/h8-11,14-15,17,21,25-26H,2-7,12-13,16,18-20H2,1H3. The predicted octanol–water partition coefficient (Wildman–Crippen LogP) is 5.61. The molecule has 2 aromatic carbocycles. The second-order valence-corrected chi connectivity index (χ2v) is 13.4. The van der Waals surface area contributed by atoms with Crippen LogP contribution in [-0.4, -0.2) is 74.8 Å². The molecule has 2 saturated carbocycles. The Bertz CT molecular complexity index is 1530. The van der Waals surface area contributed by atoms with E-state index in [0.717, 1.165) is 40.4 Å². The Balaban J connectivity index is 1.10. The molecule has 0 spiro atoms. The largest absolute Gasteiger partial charge is 0.457 e. The Morgan fingerprint density at radius 3 is 2.51 bits per heavy atom. The highest BCUT2D eigenvalue weighted by Gasteiger charge is 2.41. The van der Waals surface area contributed by atoms with Gasteiger partial charge in [-0.3, -0.25) is 14.4 Å². The van der Waals surface area contributed by atoms with Crippen LogP contribution >= 0.6 is 11.3 Å². The summed E-state index contributed by atoms with van der Waals surface area (Å²) >= 11 is 1.67. The van der Waals surface area contributed by atoms with Crippen molar-refractivity contribution in [2.24, 2.45) is 0 Å². The zero-order chi connectivity index (χ0) is 29.5. The summed E-state index contributed by atoms with van der Waals surface area (Å²) in [6, 6.07) is 13.5. The summed E-state index contributed by atoms with van der Waals surface area (Å²) in [6.45, 7) is 1.74. The Labute approximate surface area is 255 Å². The lowest BCUT2D eigenvalue weighted by molar-refractivity contribution is -0.129. The third kappa shape index (κ3) is 5.89. The summed E-state index contributed by atoms with van der Waals surface area (Å²) in [4.78, 5) is 44.0. The summed E-state index contributed by atoms with van der Waals surface area (Å²) in [7, 11) is 1.78. The molecule has 224 valence electrons. The fourth-order valence-electron chi connectivity index (χ4n) is 6.55. The van der Waals surface area contributed by atoms with Crippen molar-refractivity contribution in [3.8, 4) is 22.1 Å². The van der Waals surface area contributed by atoms with Crippen molar-refractivity contribution in [1.29, 1.82) is 0 Å². The molecule has 0 radical (unpaired) electrons. The molecule has 0 N–H and O–H groups in total. The normalized spacial score (nSPS) is 20.8. The average molecular weight is 600 g/mol. The van der Waals surface area contributed by atoms with Crippen molar-refractivity contribution in [1.82, 2.24) is 24.9 Å². The minimum atomic E-state index is -0.145. The summed E-state index contributed by atoms with van der Waals surface area (Å²) in [5.74, 6) is 1.85. The molecular formula is C33H37N5O4S. The van der Waals surface area contributed by atoms with Crippen LogP contribution in [-0.2, 0) is 16.1 Å². The van der Waals surface area contributed by atoms with Crippen LogP contribution in [0.4, 0.5) is 0 Å². The molecule has 9 nitrogen and oxygen atoms in total. The van der Waals surface area contributed by atoms with Gasteiger partial charge in [-0.25, -0.2) is 0 Å². The minimum absolute atomic E-state index is 0.133. The lowest BCUT2D eigenvalue weighted by Gasteiger charge is -2.25. The Kier molecular flexibility index (Phi) is 7.63. The van der Waals surface area contributed by atoms with Gasteiger partial charge in [0.15, 0.2) is 0 Å². The molecule has 43 heavy (non-hydrogen) atoms. The molecule has 1 aromatic heterocycles. The molecule has 4 aliphatic rings. The maximum Gasteiger partial charge on any atom is 0.254 e. The van der Waals surface area contributed by atoms with Gasteiger partial charge >= 0.3 is 0 Å². The molecule has 3 amide bonds. The maximum atomic E-state index is 13.6. The molecule has 3 aromatic rings. The number of amides is 3. The van der Waals surface area contributed by atoms with Crippen molar-refractivity contribution in [2.45, 2.75) is 82.3 Å². The number of hydrogen-bond acceptors (Lipinski definition) is 7. The number of carbonyl (C=O) groups is 3. The monoisotopic (exact) mass is 599 g/mol. The van der Waals surface area contributed by atoms with E-state index in [1.165, 1.54) is 25.7 Å². The molecule has 2 saturated heterocycles. The second-order valence-electron chi connectivity index (χ2n) is 12.3. The van der Waals surface area contributed by atoms with Gasteiger partial charge in [0.25, 0.3) is 5.91 Å². The first-order chi connectivity index (χ1) is 20.9. The molecule has 2 aliphatic heterocycles. The number of likely N-dealkylation sites (N-methyl/N-ethyl adjacent to an activating group) is 1. The first kappa shape index (κ1) is 28.0. The molecule has 1 unspecified atom stereocenters. The molecule has 3 heterocycles. The van der Waals surface area contributed by atoms with E-state index in [4.69, 9.17) is 4.74 Å². The Morgan fingerprint density at radius 2 is 1.79 bits per heavy atom. The van der Waals surface area contributed by atoms with Crippen molar-refractivity contribution in [3.05, 3.63) is 58.6 Å². The van der Waals surface area contributed by atoms with Crippen molar-refractivity contribution >= 4 is 29.1 Å². The maximum absolute atomic E-state index is 13.6. The SMILES string of the molecule is CN(C(=O)c1ccc(CN2CCCC2=O)c(Oc2ccc(-c3nnc(C4CCCC4)s3)cc2)c1)C1CC(=O)N(C2CC2)C1. The fourth-order valence-corrected chi connectivity index (χ4v) is 7.57. The van der Waals surface area contributed by atoms with E-state index in [1.54, 1.807) is 35.4 Å². The summed E-state index contributed by atoms with van der Waals surface area (Å²) in [5, 5.41) is 11.0. The first-order valence-corrected chi connectivity index (χ1v) is 16.3. The van der Waals surface area contributed by atoms with E-state index in [-0.39, 0.29) is 23.8 Å². The zero-order valence-electron chi connectivity index (χ0n) is 24.5. The molecular weight excluding hydrogens is 562 g/mol. The fraction of sp³-hybridized carbons (Fsp3) is 0.485. The number of likely N-dealkylation sites (tertiary alicyclic amines) is 2. The highest BCUT2D eigenvalue weighted by atomic mass is 32.1. The third-order valence-corrected chi connectivity index (χ3v) is 10.4. The lowest BCUT2D eigenvalue weighted by atomic mass is 10.1. The van der Waals surface area contributed by atoms with Crippen LogP contribution in [0, 0.1) is 0 Å². The van der Waals surface area contributed by atoms with Crippen LogP contribution in [0.3, 0.4) is 0 Å². The van der Waals surface area contributed by atoms with Gasteiger partial charge in [0.2, 0.25) is 11.8 Å². The summed E-state index contributed by atoms with van der Waals surface area (Å²) in [5.41, 5.74) is 2.34. The van der Waals surface area contributed by atoms with Crippen LogP contribution < -0.4 is 4.74 Å². The highest BCUT2D eigenvalue weighted by molar-refractivity contribution is 7.14. The lowest BCUT2D eigenvalue weighted by Crippen LogP contribution is -2.39. The van der Waals surface area contributed by atoms with Gasteiger partial charge < -0.3 is 19.4 Å². The van der Waals surface area contributed by atoms with E-state index in [2.05, 4.69) is 10.2 Å². The van der Waals surface area contributed by atoms with Crippen LogP contribution in [0.5, 0.6) is 11.5 Å². The average Bonchev–Trinajstić information content (AvgIpc) is 3.43. The third-order valence-electron chi connectivity index (χ3n) is 9.31. The van der Waals surface area contributed by atoms with Gasteiger partial charge in [-0.15, -0.1) is 10.2 Å². The second kappa shape index (κ2) is 11.7. The van der Waals surface area contributed by atoms with Crippen LogP contribution in [0.2, 0.25) is 0 Å². The van der Waals surface area contributed by atoms with E-state index in [9.17, 15) is 14.4 Å². The van der Waals surface area contributed by atoms with Gasteiger partial charge in [-0.2, -0.15) is 0 Å². The van der Waals surface area contributed by atoms with Crippen LogP contribution in [0.15, 0.2) is 42.5 Å². The highest BCUT2D eigenvalue weighted by Crippen LogP contribution is 2.38. The van der Waals surface area contributed by atoms with Crippen LogP contribution in [0.25, 0.3) is 10.6 Å². The Morgan fingerprint density at radius 1 is 1.00 bits per heavy atom. The van der Waals surface area contributed by atoms with Gasteiger partial charge in [-0.05, 0) is 68.5 Å². The van der Waals surface area contributed by atoms with Crippen molar-refractivity contribution < 1.29 is 19.1 Å². The van der Waals surface area contributed by atoms with Gasteiger partial charge in [-0.1, -0.05) is 30.2 Å². The van der Waals surface area contributed by atoms with Crippen molar-refractivity contribution in [2.75, 3.05) is 20.1 Å².